The van der Waals surface area contributed by atoms with E-state index in [1.807, 2.05) is 42.5 Å². The second-order valence-electron chi connectivity index (χ2n) is 11.8. The molecule has 2 aromatic rings. The van der Waals surface area contributed by atoms with Crippen molar-refractivity contribution in [3.05, 3.63) is 60.2 Å². The molecule has 0 aromatic heterocycles. The Morgan fingerprint density at radius 1 is 0.771 bits per heavy atom. The van der Waals surface area contributed by atoms with Gasteiger partial charge in [-0.3, -0.25) is 32.9 Å². The lowest BCUT2D eigenvalue weighted by atomic mass is 9.97. The number of carbonyl (C=O) groups is 5. The molecule has 0 aliphatic carbocycles. The molecular weight excluding hydrogens is 643 g/mol. The first-order chi connectivity index (χ1) is 22.5. The zero-order chi connectivity index (χ0) is 36.2. The molecule has 0 aliphatic rings. The summed E-state index contributed by atoms with van der Waals surface area (Å²) < 4.78 is 36.8. The van der Waals surface area contributed by atoms with Crippen LogP contribution in [0.4, 0.5) is 4.79 Å². The Bertz CT molecular complexity index is 1450. The molecule has 2 amide bonds. The maximum atomic E-state index is 14.8. The summed E-state index contributed by atoms with van der Waals surface area (Å²) in [5.74, 6) is -7.07. The van der Waals surface area contributed by atoms with Crippen LogP contribution in [0, 0.1) is 17.8 Å². The number of ether oxygens (including phenoxy) is 3. The number of rotatable bonds is 17. The third kappa shape index (κ3) is 11.8. The van der Waals surface area contributed by atoms with E-state index in [0.29, 0.717) is 5.56 Å². The first kappa shape index (κ1) is 40.0. The predicted octanol–water partition coefficient (Wildman–Crippen LogP) is 6.21. The van der Waals surface area contributed by atoms with E-state index in [4.69, 9.17) is 18.7 Å². The van der Waals surface area contributed by atoms with Crippen LogP contribution in [-0.4, -0.2) is 64.6 Å². The largest absolute Gasteiger partial charge is 0.481 e. The molecule has 13 nitrogen and oxygen atoms in total. The summed E-state index contributed by atoms with van der Waals surface area (Å²) in [5.41, 5.74) is 2.56. The van der Waals surface area contributed by atoms with Gasteiger partial charge in [0, 0.05) is 19.9 Å². The molecule has 0 fully saturated rings. The van der Waals surface area contributed by atoms with Crippen molar-refractivity contribution in [1.29, 1.82) is 0 Å². The number of esters is 2. The van der Waals surface area contributed by atoms with Crippen LogP contribution in [0.2, 0.25) is 0 Å². The summed E-state index contributed by atoms with van der Waals surface area (Å²) in [6.07, 6.45) is -4.14. The lowest BCUT2D eigenvalue weighted by molar-refractivity contribution is -0.169. The topological polar surface area (TPSA) is 175 Å². The van der Waals surface area contributed by atoms with Crippen molar-refractivity contribution in [2.45, 2.75) is 86.6 Å². The monoisotopic (exact) mass is 690 g/mol. The molecule has 2 aromatic carbocycles. The molecule has 0 saturated carbocycles. The molecule has 0 spiro atoms. The van der Waals surface area contributed by atoms with E-state index in [2.05, 4.69) is 5.32 Å². The number of nitrogens with zero attached hydrogens (tertiary/aromatic N) is 1. The van der Waals surface area contributed by atoms with Crippen molar-refractivity contribution in [3.63, 3.8) is 0 Å². The molecule has 0 aliphatic heterocycles. The number of carbonyl (C=O) groups excluding carboxylic acids is 4. The van der Waals surface area contributed by atoms with Gasteiger partial charge >= 0.3 is 31.5 Å². The minimum Gasteiger partial charge on any atom is -0.481 e. The number of alkyl carbamates (subject to hydrolysis) is 1. The lowest BCUT2D eigenvalue weighted by Gasteiger charge is -2.37. The minimum absolute atomic E-state index is 0.0294. The van der Waals surface area contributed by atoms with Gasteiger partial charge in [-0.05, 0) is 37.0 Å². The van der Waals surface area contributed by atoms with E-state index in [0.717, 1.165) is 15.8 Å². The van der Waals surface area contributed by atoms with E-state index in [1.165, 1.54) is 27.7 Å². The summed E-state index contributed by atoms with van der Waals surface area (Å²) in [4.78, 5) is 63.0. The maximum Gasteiger partial charge on any atom is 0.410 e. The van der Waals surface area contributed by atoms with Crippen LogP contribution in [0.5, 0.6) is 0 Å². The highest BCUT2D eigenvalue weighted by molar-refractivity contribution is 7.58. The Morgan fingerprint density at radius 3 is 1.79 bits per heavy atom. The second-order valence-corrected chi connectivity index (χ2v) is 14.4. The standard InChI is InChI=1S/C34H47N2O11P/c1-9-30(37)36(20-29(31(38)39)19-26-15-17-28(18-16-26)27-13-11-10-12-14-27)48(43,47-25(8)45-33(41)22(4)5)23(6)35-34(42)46-24(7)44-32(40)21(2)3/h10-18,21-25,29H,9,19-20H2,1-8H3,(H,35,42)(H,38,39). The fourth-order valence-electron chi connectivity index (χ4n) is 4.39. The number of carboxylic acid groups (broad SMARTS) is 1. The minimum atomic E-state index is -4.60. The quantitative estimate of drug-likeness (QED) is 0.110. The summed E-state index contributed by atoms with van der Waals surface area (Å²) in [5, 5.41) is 12.6. The highest BCUT2D eigenvalue weighted by Gasteiger charge is 2.45. The third-order valence-corrected chi connectivity index (χ3v) is 9.87. The molecule has 0 saturated heterocycles. The second kappa shape index (κ2) is 18.4. The normalized spacial score (nSPS) is 15.0. The number of aliphatic carboxylic acids is 1. The fourth-order valence-corrected chi connectivity index (χ4v) is 6.72. The molecule has 5 atom stereocenters. The SMILES string of the molecule is CCC(=O)N(CC(Cc1ccc(-c2ccccc2)cc1)C(=O)O)P(=O)(OC(C)OC(=O)C(C)C)C(C)NC(=O)OC(C)OC(=O)C(C)C. The molecule has 264 valence electrons. The molecule has 0 heterocycles. The van der Waals surface area contributed by atoms with Gasteiger partial charge in [-0.1, -0.05) is 89.2 Å². The molecule has 5 unspecified atom stereocenters. The number of hydrogen-bond acceptors (Lipinski definition) is 10. The summed E-state index contributed by atoms with van der Waals surface area (Å²) in [6, 6.07) is 16.9. The Kier molecular flexibility index (Phi) is 15.3. The number of benzene rings is 2. The number of nitrogens with one attached hydrogen (secondary N) is 1. The molecular formula is C34H47N2O11P. The van der Waals surface area contributed by atoms with E-state index < -0.39 is 80.1 Å². The van der Waals surface area contributed by atoms with Gasteiger partial charge in [-0.2, -0.15) is 0 Å². The van der Waals surface area contributed by atoms with Crippen LogP contribution in [0.3, 0.4) is 0 Å². The van der Waals surface area contributed by atoms with Crippen LogP contribution in [-0.2, 0) is 48.9 Å². The average Bonchev–Trinajstić information content (AvgIpc) is 3.02. The Labute approximate surface area is 281 Å². The molecule has 0 radical (unpaired) electrons. The van der Waals surface area contributed by atoms with Crippen LogP contribution in [0.1, 0.15) is 67.4 Å². The summed E-state index contributed by atoms with van der Waals surface area (Å²) >= 11 is 0. The molecule has 48 heavy (non-hydrogen) atoms. The van der Waals surface area contributed by atoms with Crippen LogP contribution < -0.4 is 5.32 Å². The van der Waals surface area contributed by atoms with Crippen molar-refractivity contribution < 1.29 is 52.4 Å². The van der Waals surface area contributed by atoms with E-state index in [-0.39, 0.29) is 12.8 Å². The Balaban J connectivity index is 2.41. The van der Waals surface area contributed by atoms with E-state index >= 15 is 0 Å². The summed E-state index contributed by atoms with van der Waals surface area (Å²) in [6.45, 7) is 11.2. The number of hydrogen-bond donors (Lipinski definition) is 2. The van der Waals surface area contributed by atoms with Gasteiger partial charge in [-0.15, -0.1) is 0 Å². The van der Waals surface area contributed by atoms with Crippen LogP contribution in [0.25, 0.3) is 11.1 Å². The van der Waals surface area contributed by atoms with Gasteiger partial charge in [-0.25, -0.2) is 4.79 Å². The third-order valence-electron chi connectivity index (χ3n) is 7.11. The first-order valence-electron chi connectivity index (χ1n) is 15.8. The lowest BCUT2D eigenvalue weighted by Crippen LogP contribution is -2.45. The molecule has 2 rings (SSSR count). The maximum absolute atomic E-state index is 14.8. The fraction of sp³-hybridized carbons (Fsp3) is 0.500. The zero-order valence-electron chi connectivity index (χ0n) is 28.7. The van der Waals surface area contributed by atoms with Crippen molar-refractivity contribution in [2.24, 2.45) is 17.8 Å². The van der Waals surface area contributed by atoms with Crippen molar-refractivity contribution in [2.75, 3.05) is 6.54 Å². The van der Waals surface area contributed by atoms with Crippen molar-refractivity contribution in [3.8, 4) is 11.1 Å². The van der Waals surface area contributed by atoms with Gasteiger partial charge in [0.15, 0.2) is 0 Å². The average molecular weight is 691 g/mol. The van der Waals surface area contributed by atoms with Gasteiger partial charge in [0.2, 0.25) is 18.5 Å². The van der Waals surface area contributed by atoms with Gasteiger partial charge < -0.3 is 24.6 Å². The van der Waals surface area contributed by atoms with Gasteiger partial charge in [0.1, 0.15) is 5.78 Å². The molecule has 14 heteroatoms. The smallest absolute Gasteiger partial charge is 0.410 e. The van der Waals surface area contributed by atoms with Crippen molar-refractivity contribution >= 4 is 37.4 Å². The van der Waals surface area contributed by atoms with E-state index in [1.54, 1.807) is 39.8 Å². The van der Waals surface area contributed by atoms with Gasteiger partial charge in [0.05, 0.1) is 17.8 Å². The number of amides is 2. The Hall–Kier alpha value is -4.22. The molecule has 0 bridgehead atoms. The molecule has 2 N–H and O–H groups in total. The van der Waals surface area contributed by atoms with Crippen LogP contribution in [0.15, 0.2) is 54.6 Å². The first-order valence-corrected chi connectivity index (χ1v) is 17.5. The highest BCUT2D eigenvalue weighted by atomic mass is 31.2. The van der Waals surface area contributed by atoms with Crippen molar-refractivity contribution in [1.82, 2.24) is 9.99 Å². The zero-order valence-corrected chi connectivity index (χ0v) is 29.6. The van der Waals surface area contributed by atoms with E-state index in [9.17, 15) is 33.6 Å². The number of carboxylic acids is 1. The highest BCUT2D eigenvalue weighted by Crippen LogP contribution is 2.56. The van der Waals surface area contributed by atoms with Crippen LogP contribution >= 0.6 is 7.52 Å². The Morgan fingerprint density at radius 2 is 1.29 bits per heavy atom. The predicted molar refractivity (Wildman–Crippen MR) is 177 cm³/mol. The van der Waals surface area contributed by atoms with Gasteiger partial charge in [0.25, 0.3) is 0 Å². The summed E-state index contributed by atoms with van der Waals surface area (Å²) in [7, 11) is -4.60.